The molecule has 0 aliphatic rings. The Bertz CT molecular complexity index is 398. The van der Waals surface area contributed by atoms with E-state index >= 15 is 0 Å². The first-order valence-corrected chi connectivity index (χ1v) is 3.93. The van der Waals surface area contributed by atoms with E-state index in [2.05, 4.69) is 10.0 Å². The van der Waals surface area contributed by atoms with Crippen molar-refractivity contribution in [3.05, 3.63) is 50.4 Å². The highest BCUT2D eigenvalue weighted by molar-refractivity contribution is 5.35. The van der Waals surface area contributed by atoms with Crippen LogP contribution in [0.1, 0.15) is 18.5 Å². The zero-order valence-electron chi connectivity index (χ0n) is 7.49. The van der Waals surface area contributed by atoms with Crippen LogP contribution in [0, 0.1) is 10.1 Å². The van der Waals surface area contributed by atoms with Crippen molar-refractivity contribution in [2.75, 3.05) is 0 Å². The summed E-state index contributed by atoms with van der Waals surface area (Å²) in [7, 11) is 0. The van der Waals surface area contributed by atoms with Gasteiger partial charge in [0.25, 0.3) is 5.69 Å². The van der Waals surface area contributed by atoms with E-state index in [4.69, 9.17) is 5.53 Å². The first kappa shape index (κ1) is 10.0. The van der Waals surface area contributed by atoms with Crippen LogP contribution in [-0.2, 0) is 0 Å². The second-order valence-corrected chi connectivity index (χ2v) is 2.73. The van der Waals surface area contributed by atoms with E-state index in [1.807, 2.05) is 0 Å². The van der Waals surface area contributed by atoms with E-state index in [-0.39, 0.29) is 11.7 Å². The summed E-state index contributed by atoms with van der Waals surface area (Å²) < 4.78 is 0. The molecule has 6 heteroatoms. The van der Waals surface area contributed by atoms with E-state index < -0.39 is 4.92 Å². The molecule has 1 atom stereocenters. The van der Waals surface area contributed by atoms with E-state index in [0.29, 0.717) is 5.56 Å². The molecule has 14 heavy (non-hydrogen) atoms. The van der Waals surface area contributed by atoms with Crippen LogP contribution in [0.5, 0.6) is 0 Å². The molecule has 0 unspecified atom stereocenters. The van der Waals surface area contributed by atoms with Crippen molar-refractivity contribution >= 4 is 5.69 Å². The van der Waals surface area contributed by atoms with Gasteiger partial charge >= 0.3 is 0 Å². The number of rotatable bonds is 3. The quantitative estimate of drug-likeness (QED) is 0.242. The Balaban J connectivity index is 3.04. The molecule has 0 saturated carbocycles. The first-order valence-electron chi connectivity index (χ1n) is 3.93. The van der Waals surface area contributed by atoms with Crippen LogP contribution < -0.4 is 0 Å². The van der Waals surface area contributed by atoms with E-state index in [1.54, 1.807) is 19.1 Å². The predicted octanol–water partition coefficient (Wildman–Crippen LogP) is 2.97. The minimum atomic E-state index is -0.480. The van der Waals surface area contributed by atoms with Crippen molar-refractivity contribution in [2.24, 2.45) is 5.11 Å². The fourth-order valence-electron chi connectivity index (χ4n) is 1.04. The van der Waals surface area contributed by atoms with Crippen molar-refractivity contribution in [1.29, 1.82) is 0 Å². The zero-order valence-corrected chi connectivity index (χ0v) is 7.49. The number of nitro groups is 1. The number of nitrogens with zero attached hydrogens (tertiary/aromatic N) is 4. The summed E-state index contributed by atoms with van der Waals surface area (Å²) in [5.74, 6) is 0. The highest BCUT2D eigenvalue weighted by atomic mass is 16.6. The molecule has 0 aromatic heterocycles. The van der Waals surface area contributed by atoms with Gasteiger partial charge in [0.1, 0.15) is 0 Å². The largest absolute Gasteiger partial charge is 0.269 e. The summed E-state index contributed by atoms with van der Waals surface area (Å²) in [5.41, 5.74) is 8.84. The molecular formula is C8H8N4O2. The molecular weight excluding hydrogens is 184 g/mol. The van der Waals surface area contributed by atoms with Crippen LogP contribution in [0.2, 0.25) is 0 Å². The zero-order chi connectivity index (χ0) is 10.6. The summed E-state index contributed by atoms with van der Waals surface area (Å²) in [6.07, 6.45) is 0. The summed E-state index contributed by atoms with van der Waals surface area (Å²) in [6.45, 7) is 1.68. The van der Waals surface area contributed by atoms with Gasteiger partial charge in [-0.05, 0) is 11.1 Å². The lowest BCUT2D eigenvalue weighted by atomic mass is 10.1. The third kappa shape index (κ3) is 2.21. The number of hydrogen-bond donors (Lipinski definition) is 0. The van der Waals surface area contributed by atoms with Crippen molar-refractivity contribution < 1.29 is 4.92 Å². The lowest BCUT2D eigenvalue weighted by Crippen LogP contribution is -1.92. The molecule has 1 aromatic rings. The summed E-state index contributed by atoms with van der Waals surface area (Å²) >= 11 is 0. The number of benzene rings is 1. The van der Waals surface area contributed by atoms with Gasteiger partial charge in [-0.15, -0.1) is 0 Å². The second kappa shape index (κ2) is 4.25. The molecule has 0 bridgehead atoms. The molecule has 1 aromatic carbocycles. The Morgan fingerprint density at radius 3 is 2.93 bits per heavy atom. The Labute approximate surface area is 79.9 Å². The minimum absolute atomic E-state index is 0.00231. The van der Waals surface area contributed by atoms with Crippen molar-refractivity contribution in [1.82, 2.24) is 0 Å². The van der Waals surface area contributed by atoms with Crippen LogP contribution in [0.15, 0.2) is 29.4 Å². The van der Waals surface area contributed by atoms with Gasteiger partial charge in [-0.3, -0.25) is 10.1 Å². The van der Waals surface area contributed by atoms with E-state index in [9.17, 15) is 10.1 Å². The average Bonchev–Trinajstić information content (AvgIpc) is 2.18. The fraction of sp³-hybridized carbons (Fsp3) is 0.250. The van der Waals surface area contributed by atoms with Gasteiger partial charge in [-0.2, -0.15) is 0 Å². The average molecular weight is 192 g/mol. The van der Waals surface area contributed by atoms with Gasteiger partial charge in [0.2, 0.25) is 0 Å². The molecule has 0 saturated heterocycles. The maximum atomic E-state index is 10.4. The summed E-state index contributed by atoms with van der Waals surface area (Å²) in [6, 6.07) is 5.66. The van der Waals surface area contributed by atoms with Crippen molar-refractivity contribution in [3.63, 3.8) is 0 Å². The SMILES string of the molecule is C[C@H](N=[N+]=[N-])c1cccc([N+](=O)[O-])c1. The third-order valence-electron chi connectivity index (χ3n) is 1.79. The van der Waals surface area contributed by atoms with Crippen LogP contribution in [0.3, 0.4) is 0 Å². The Kier molecular flexibility index (Phi) is 3.04. The molecule has 1 rings (SSSR count). The molecule has 0 amide bonds. The van der Waals surface area contributed by atoms with Crippen LogP contribution in [-0.4, -0.2) is 4.92 Å². The summed E-state index contributed by atoms with van der Waals surface area (Å²) in [5, 5.41) is 13.9. The molecule has 0 spiro atoms. The van der Waals surface area contributed by atoms with Crippen LogP contribution in [0.25, 0.3) is 10.4 Å². The molecule has 72 valence electrons. The molecule has 6 nitrogen and oxygen atoms in total. The Morgan fingerprint density at radius 2 is 2.36 bits per heavy atom. The molecule has 0 aliphatic heterocycles. The normalized spacial score (nSPS) is 11.5. The molecule has 0 aliphatic carbocycles. The van der Waals surface area contributed by atoms with Gasteiger partial charge in [-0.1, -0.05) is 24.2 Å². The number of nitro benzene ring substituents is 1. The van der Waals surface area contributed by atoms with Gasteiger partial charge in [0, 0.05) is 17.0 Å². The second-order valence-electron chi connectivity index (χ2n) is 2.73. The van der Waals surface area contributed by atoms with E-state index in [1.165, 1.54) is 12.1 Å². The monoisotopic (exact) mass is 192 g/mol. The van der Waals surface area contributed by atoms with Gasteiger partial charge in [0.05, 0.1) is 11.0 Å². The number of azide groups is 1. The van der Waals surface area contributed by atoms with Crippen molar-refractivity contribution in [2.45, 2.75) is 13.0 Å². The number of non-ortho nitro benzene ring substituents is 1. The van der Waals surface area contributed by atoms with Gasteiger partial charge in [-0.25, -0.2) is 0 Å². The predicted molar refractivity (Wildman–Crippen MR) is 50.7 cm³/mol. The van der Waals surface area contributed by atoms with Crippen molar-refractivity contribution in [3.8, 4) is 0 Å². The Morgan fingerprint density at radius 1 is 1.64 bits per heavy atom. The fourth-order valence-corrected chi connectivity index (χ4v) is 1.04. The number of hydrogen-bond acceptors (Lipinski definition) is 3. The standard InChI is InChI=1S/C8H8N4O2/c1-6(10-11-9)7-3-2-4-8(5-7)12(13)14/h2-6H,1H3/t6-/m0/s1. The smallest absolute Gasteiger partial charge is 0.258 e. The highest BCUT2D eigenvalue weighted by Gasteiger charge is 2.08. The van der Waals surface area contributed by atoms with E-state index in [0.717, 1.165) is 0 Å². The molecule has 0 radical (unpaired) electrons. The lowest BCUT2D eigenvalue weighted by Gasteiger charge is -2.03. The summed E-state index contributed by atoms with van der Waals surface area (Å²) in [4.78, 5) is 12.6. The minimum Gasteiger partial charge on any atom is -0.258 e. The Hall–Kier alpha value is -2.07. The maximum Gasteiger partial charge on any atom is 0.269 e. The van der Waals surface area contributed by atoms with Crippen LogP contribution in [0.4, 0.5) is 5.69 Å². The highest BCUT2D eigenvalue weighted by Crippen LogP contribution is 2.21. The lowest BCUT2D eigenvalue weighted by molar-refractivity contribution is -0.384. The topological polar surface area (TPSA) is 91.9 Å². The third-order valence-corrected chi connectivity index (χ3v) is 1.79. The first-order chi connectivity index (χ1) is 6.65. The molecule has 0 N–H and O–H groups in total. The van der Waals surface area contributed by atoms with Gasteiger partial charge in [0.15, 0.2) is 0 Å². The van der Waals surface area contributed by atoms with Crippen LogP contribution >= 0.6 is 0 Å². The molecule has 0 fully saturated rings. The maximum absolute atomic E-state index is 10.4. The van der Waals surface area contributed by atoms with Gasteiger partial charge < -0.3 is 0 Å². The molecule has 0 heterocycles.